The van der Waals surface area contributed by atoms with Gasteiger partial charge in [-0.05, 0) is 68.6 Å². The second-order valence-electron chi connectivity index (χ2n) is 9.56. The van der Waals surface area contributed by atoms with E-state index in [-0.39, 0.29) is 17.5 Å². The van der Waals surface area contributed by atoms with E-state index >= 15 is 0 Å². The predicted molar refractivity (Wildman–Crippen MR) is 151 cm³/mol. The van der Waals surface area contributed by atoms with Gasteiger partial charge in [0, 0.05) is 35.8 Å². The van der Waals surface area contributed by atoms with Gasteiger partial charge in [-0.25, -0.2) is 27.8 Å². The van der Waals surface area contributed by atoms with Crippen molar-refractivity contribution in [2.24, 2.45) is 0 Å². The van der Waals surface area contributed by atoms with Crippen LogP contribution in [0.5, 0.6) is 11.6 Å². The van der Waals surface area contributed by atoms with E-state index in [4.69, 9.17) is 9.72 Å². The van der Waals surface area contributed by atoms with Crippen LogP contribution in [0.3, 0.4) is 0 Å². The third kappa shape index (κ3) is 6.10. The number of halogens is 1. The fourth-order valence-electron chi connectivity index (χ4n) is 4.67. The minimum absolute atomic E-state index is 0.101. The Kier molecular flexibility index (Phi) is 7.89. The van der Waals surface area contributed by atoms with Crippen LogP contribution in [0.1, 0.15) is 31.7 Å². The lowest BCUT2D eigenvalue weighted by Crippen LogP contribution is -2.38. The Balaban J connectivity index is 1.51. The molecule has 0 amide bonds. The summed E-state index contributed by atoms with van der Waals surface area (Å²) in [7, 11) is -3.71. The van der Waals surface area contributed by atoms with Gasteiger partial charge in [0.1, 0.15) is 11.6 Å². The number of piperidine rings is 1. The number of benzene rings is 2. The topological polar surface area (TPSA) is 118 Å². The number of ether oxygens (including phenoxy) is 1. The third-order valence-electron chi connectivity index (χ3n) is 6.56. The van der Waals surface area contributed by atoms with Crippen LogP contribution in [-0.2, 0) is 10.0 Å². The summed E-state index contributed by atoms with van der Waals surface area (Å²) in [5, 5.41) is 7.71. The van der Waals surface area contributed by atoms with Gasteiger partial charge in [-0.1, -0.05) is 19.1 Å². The molecule has 3 N–H and O–H groups in total. The quantitative estimate of drug-likeness (QED) is 0.259. The highest BCUT2D eigenvalue weighted by Gasteiger charge is 2.20. The molecule has 11 heteroatoms. The molecule has 0 aliphatic carbocycles. The SMILES string of the molecule is CCCS(=O)(=O)Nc1c(F)ccc2c(Oc3ncccc3-c3ccnc(N[C@H]4CCCNC4)n3)c(C)ccc12. The zero-order valence-electron chi connectivity index (χ0n) is 21.9. The molecule has 1 aliphatic heterocycles. The first-order valence-electron chi connectivity index (χ1n) is 13.0. The highest BCUT2D eigenvalue weighted by Crippen LogP contribution is 2.39. The van der Waals surface area contributed by atoms with Gasteiger partial charge in [-0.2, -0.15) is 0 Å². The number of nitrogens with zero attached hydrogens (tertiary/aromatic N) is 3. The molecule has 9 nitrogen and oxygen atoms in total. The van der Waals surface area contributed by atoms with E-state index in [0.717, 1.165) is 31.5 Å². The largest absolute Gasteiger partial charge is 0.437 e. The Labute approximate surface area is 227 Å². The van der Waals surface area contributed by atoms with Gasteiger partial charge in [0.15, 0.2) is 0 Å². The predicted octanol–water partition coefficient (Wildman–Crippen LogP) is 5.25. The van der Waals surface area contributed by atoms with Crippen LogP contribution < -0.4 is 20.1 Å². The molecule has 2 aromatic carbocycles. The first-order valence-corrected chi connectivity index (χ1v) is 14.7. The smallest absolute Gasteiger partial charge is 0.232 e. The van der Waals surface area contributed by atoms with E-state index < -0.39 is 15.8 Å². The van der Waals surface area contributed by atoms with Crippen molar-refractivity contribution in [1.29, 1.82) is 0 Å². The number of aryl methyl sites for hydroxylation is 1. The normalized spacial score (nSPS) is 15.7. The number of pyridine rings is 1. The zero-order valence-corrected chi connectivity index (χ0v) is 22.7. The molecule has 0 saturated carbocycles. The molecule has 204 valence electrons. The van der Waals surface area contributed by atoms with Crippen LogP contribution in [0.2, 0.25) is 0 Å². The molecule has 0 bridgehead atoms. The summed E-state index contributed by atoms with van der Waals surface area (Å²) in [6.07, 6.45) is 5.86. The van der Waals surface area contributed by atoms with Gasteiger partial charge in [-0.3, -0.25) is 4.72 Å². The number of nitrogens with one attached hydrogen (secondary N) is 3. The number of aromatic nitrogens is 3. The fourth-order valence-corrected chi connectivity index (χ4v) is 5.83. The second-order valence-corrected chi connectivity index (χ2v) is 11.4. The highest BCUT2D eigenvalue weighted by atomic mass is 32.2. The van der Waals surface area contributed by atoms with Crippen molar-refractivity contribution < 1.29 is 17.5 Å². The van der Waals surface area contributed by atoms with Crippen molar-refractivity contribution in [3.63, 3.8) is 0 Å². The monoisotopic (exact) mass is 550 g/mol. The molecule has 0 spiro atoms. The molecule has 39 heavy (non-hydrogen) atoms. The molecule has 1 atom stereocenters. The minimum atomic E-state index is -3.71. The fraction of sp³-hybridized carbons (Fsp3) is 0.321. The van der Waals surface area contributed by atoms with Gasteiger partial charge in [0.25, 0.3) is 0 Å². The van der Waals surface area contributed by atoms with Crippen molar-refractivity contribution in [1.82, 2.24) is 20.3 Å². The summed E-state index contributed by atoms with van der Waals surface area (Å²) in [6, 6.07) is 12.0. The molecule has 4 aromatic rings. The summed E-state index contributed by atoms with van der Waals surface area (Å²) in [4.78, 5) is 13.6. The summed E-state index contributed by atoms with van der Waals surface area (Å²) < 4.78 is 48.5. The Bertz CT molecular complexity index is 1590. The molecule has 0 unspecified atom stereocenters. The Hall–Kier alpha value is -3.83. The third-order valence-corrected chi connectivity index (χ3v) is 8.02. The van der Waals surface area contributed by atoms with Gasteiger partial charge in [0.05, 0.1) is 22.7 Å². The first-order chi connectivity index (χ1) is 18.8. The van der Waals surface area contributed by atoms with Crippen molar-refractivity contribution in [3.8, 4) is 22.9 Å². The van der Waals surface area contributed by atoms with Gasteiger partial charge in [0.2, 0.25) is 21.9 Å². The Morgan fingerprint density at radius 2 is 1.95 bits per heavy atom. The van der Waals surface area contributed by atoms with E-state index in [9.17, 15) is 12.8 Å². The lowest BCUT2D eigenvalue weighted by Gasteiger charge is -2.23. The van der Waals surface area contributed by atoms with Crippen LogP contribution in [-0.4, -0.2) is 48.3 Å². The Morgan fingerprint density at radius 1 is 1.10 bits per heavy atom. The average Bonchev–Trinajstić information content (AvgIpc) is 2.92. The number of fused-ring (bicyclic) bond motifs is 1. The average molecular weight is 551 g/mol. The van der Waals surface area contributed by atoms with Crippen molar-refractivity contribution in [2.75, 3.05) is 28.9 Å². The maximum atomic E-state index is 14.8. The number of sulfonamides is 1. The van der Waals surface area contributed by atoms with E-state index in [1.807, 2.05) is 13.0 Å². The summed E-state index contributed by atoms with van der Waals surface area (Å²) in [5.74, 6) is 0.516. The van der Waals surface area contributed by atoms with Crippen molar-refractivity contribution in [2.45, 2.75) is 39.2 Å². The van der Waals surface area contributed by atoms with Crippen molar-refractivity contribution in [3.05, 3.63) is 66.2 Å². The standard InChI is InChI=1S/C28H31FN6O3S/c1-3-16-39(36,37)35-25-20-9-8-18(2)26(21(20)10-11-23(25)29)38-27-22(7-5-14-31-27)24-12-15-32-28(34-24)33-19-6-4-13-30-17-19/h5,7-12,14-15,19,30,35H,3-4,6,13,16-17H2,1-2H3,(H,32,33,34)/t19-/m0/s1. The lowest BCUT2D eigenvalue weighted by atomic mass is 10.0. The lowest BCUT2D eigenvalue weighted by molar-refractivity contribution is 0.466. The Morgan fingerprint density at radius 3 is 2.74 bits per heavy atom. The molecular formula is C28H31FN6O3S. The van der Waals surface area contributed by atoms with Crippen LogP contribution >= 0.6 is 0 Å². The highest BCUT2D eigenvalue weighted by molar-refractivity contribution is 7.92. The van der Waals surface area contributed by atoms with E-state index in [2.05, 4.69) is 25.3 Å². The molecule has 2 aromatic heterocycles. The molecule has 3 heterocycles. The van der Waals surface area contributed by atoms with Crippen molar-refractivity contribution >= 4 is 32.4 Å². The molecule has 0 radical (unpaired) electrons. The number of rotatable bonds is 9. The molecule has 1 saturated heterocycles. The zero-order chi connectivity index (χ0) is 27.4. The molecule has 1 fully saturated rings. The molecule has 5 rings (SSSR count). The summed E-state index contributed by atoms with van der Waals surface area (Å²) in [5.41, 5.74) is 1.97. The van der Waals surface area contributed by atoms with Gasteiger partial charge < -0.3 is 15.4 Å². The minimum Gasteiger partial charge on any atom is -0.437 e. The molecular weight excluding hydrogens is 519 g/mol. The number of anilines is 2. The van der Waals surface area contributed by atoms with Gasteiger partial charge >= 0.3 is 0 Å². The maximum absolute atomic E-state index is 14.8. The van der Waals surface area contributed by atoms with Crippen LogP contribution in [0.4, 0.5) is 16.0 Å². The summed E-state index contributed by atoms with van der Waals surface area (Å²) in [6.45, 7) is 5.49. The maximum Gasteiger partial charge on any atom is 0.232 e. The van der Waals surface area contributed by atoms with E-state index in [0.29, 0.717) is 46.0 Å². The van der Waals surface area contributed by atoms with E-state index in [1.54, 1.807) is 49.6 Å². The van der Waals surface area contributed by atoms with Crippen LogP contribution in [0.15, 0.2) is 54.9 Å². The number of hydrogen-bond acceptors (Lipinski definition) is 8. The van der Waals surface area contributed by atoms with Crippen LogP contribution in [0.25, 0.3) is 22.0 Å². The first kappa shape index (κ1) is 26.8. The van der Waals surface area contributed by atoms with Crippen LogP contribution in [0, 0.1) is 12.7 Å². The van der Waals surface area contributed by atoms with E-state index in [1.165, 1.54) is 6.07 Å². The van der Waals surface area contributed by atoms with Gasteiger partial charge in [-0.15, -0.1) is 0 Å². The molecule has 1 aliphatic rings. The second kappa shape index (κ2) is 11.5. The number of hydrogen-bond donors (Lipinski definition) is 3. The summed E-state index contributed by atoms with van der Waals surface area (Å²) >= 11 is 0.